The standard InChI is InChI=1S/C21H20F3N3O3/c1-13(16-5-2-6-17(19(16)22)21(23,24)12-28)26-20(30)14-7-8-18(29)27(11-14)15-4-3-9-25-10-15/h2-11,13,20,26,28,30H,12H2,1H3/t13-,20?/m1/s1. The van der Waals surface area contributed by atoms with Crippen molar-refractivity contribution in [3.8, 4) is 5.69 Å². The average molecular weight is 419 g/mol. The fraction of sp³-hybridized carbons (Fsp3) is 0.238. The van der Waals surface area contributed by atoms with E-state index in [4.69, 9.17) is 5.11 Å². The number of rotatable bonds is 7. The normalized spacial score (nSPS) is 13.8. The Morgan fingerprint density at radius 1 is 1.20 bits per heavy atom. The molecule has 0 aliphatic heterocycles. The highest BCUT2D eigenvalue weighted by molar-refractivity contribution is 5.32. The van der Waals surface area contributed by atoms with Gasteiger partial charge in [-0.1, -0.05) is 12.1 Å². The molecule has 3 aromatic rings. The van der Waals surface area contributed by atoms with Gasteiger partial charge in [0.05, 0.1) is 17.4 Å². The zero-order valence-corrected chi connectivity index (χ0v) is 16.0. The van der Waals surface area contributed by atoms with E-state index in [2.05, 4.69) is 10.3 Å². The predicted octanol–water partition coefficient (Wildman–Crippen LogP) is 2.80. The second-order valence-corrected chi connectivity index (χ2v) is 6.74. The van der Waals surface area contributed by atoms with Crippen LogP contribution in [0.2, 0.25) is 0 Å². The van der Waals surface area contributed by atoms with Crippen molar-refractivity contribution in [1.82, 2.24) is 14.9 Å². The summed E-state index contributed by atoms with van der Waals surface area (Å²) in [7, 11) is 0. The molecular weight excluding hydrogens is 399 g/mol. The molecule has 2 atom stereocenters. The highest BCUT2D eigenvalue weighted by Crippen LogP contribution is 2.32. The Bertz CT molecular complexity index is 1070. The number of hydrogen-bond donors (Lipinski definition) is 3. The van der Waals surface area contributed by atoms with Crippen LogP contribution in [0.5, 0.6) is 0 Å². The van der Waals surface area contributed by atoms with Crippen LogP contribution in [0.25, 0.3) is 5.69 Å². The smallest absolute Gasteiger partial charge is 0.298 e. The van der Waals surface area contributed by atoms with Crippen LogP contribution in [-0.4, -0.2) is 26.4 Å². The summed E-state index contributed by atoms with van der Waals surface area (Å²) in [5.41, 5.74) is -0.551. The van der Waals surface area contributed by atoms with E-state index in [0.29, 0.717) is 11.3 Å². The number of alkyl halides is 2. The molecule has 2 aromatic heterocycles. The van der Waals surface area contributed by atoms with Gasteiger partial charge in [-0.05, 0) is 31.2 Å². The lowest BCUT2D eigenvalue weighted by molar-refractivity contribution is -0.0584. The highest BCUT2D eigenvalue weighted by Gasteiger charge is 2.35. The van der Waals surface area contributed by atoms with E-state index < -0.39 is 36.2 Å². The summed E-state index contributed by atoms with van der Waals surface area (Å²) in [6.45, 7) is -0.0205. The van der Waals surface area contributed by atoms with Crippen LogP contribution in [0, 0.1) is 5.82 Å². The molecule has 1 unspecified atom stereocenters. The average Bonchev–Trinajstić information content (AvgIpc) is 2.74. The Kier molecular flexibility index (Phi) is 6.35. The van der Waals surface area contributed by atoms with E-state index in [-0.39, 0.29) is 11.1 Å². The Balaban J connectivity index is 1.86. The summed E-state index contributed by atoms with van der Waals surface area (Å²) in [6.07, 6.45) is 3.14. The summed E-state index contributed by atoms with van der Waals surface area (Å²) < 4.78 is 43.5. The zero-order valence-electron chi connectivity index (χ0n) is 16.0. The second kappa shape index (κ2) is 8.78. The third-order valence-electron chi connectivity index (χ3n) is 4.67. The largest absolute Gasteiger partial charge is 0.390 e. The third-order valence-corrected chi connectivity index (χ3v) is 4.67. The molecule has 0 aliphatic rings. The number of aliphatic hydroxyl groups excluding tert-OH is 2. The van der Waals surface area contributed by atoms with Crippen molar-refractivity contribution in [2.24, 2.45) is 0 Å². The van der Waals surface area contributed by atoms with Crippen LogP contribution in [0.4, 0.5) is 13.2 Å². The molecule has 3 rings (SSSR count). The highest BCUT2D eigenvalue weighted by atomic mass is 19.3. The number of aliphatic hydroxyl groups is 2. The lowest BCUT2D eigenvalue weighted by Crippen LogP contribution is -2.28. The van der Waals surface area contributed by atoms with Crippen LogP contribution in [0.1, 0.15) is 35.9 Å². The first-order valence-electron chi connectivity index (χ1n) is 9.09. The molecule has 0 saturated heterocycles. The van der Waals surface area contributed by atoms with Gasteiger partial charge >= 0.3 is 0 Å². The van der Waals surface area contributed by atoms with Gasteiger partial charge in [-0.2, -0.15) is 8.78 Å². The van der Waals surface area contributed by atoms with Crippen molar-refractivity contribution in [2.75, 3.05) is 6.61 Å². The maximum atomic E-state index is 14.6. The van der Waals surface area contributed by atoms with E-state index in [9.17, 15) is 23.1 Å². The van der Waals surface area contributed by atoms with E-state index >= 15 is 0 Å². The van der Waals surface area contributed by atoms with Crippen LogP contribution in [0.15, 0.2) is 65.8 Å². The molecular formula is C21H20F3N3O3. The minimum absolute atomic E-state index is 0.0970. The van der Waals surface area contributed by atoms with Gasteiger partial charge in [-0.25, -0.2) is 4.39 Å². The molecule has 0 saturated carbocycles. The van der Waals surface area contributed by atoms with E-state index in [1.54, 1.807) is 18.3 Å². The number of nitrogens with zero attached hydrogens (tertiary/aromatic N) is 2. The molecule has 30 heavy (non-hydrogen) atoms. The van der Waals surface area contributed by atoms with Gasteiger partial charge in [0.2, 0.25) is 0 Å². The molecule has 0 amide bonds. The quantitative estimate of drug-likeness (QED) is 0.513. The predicted molar refractivity (Wildman–Crippen MR) is 104 cm³/mol. The van der Waals surface area contributed by atoms with Crippen molar-refractivity contribution in [1.29, 1.82) is 0 Å². The topological polar surface area (TPSA) is 87.4 Å². The van der Waals surface area contributed by atoms with Crippen LogP contribution in [-0.2, 0) is 5.92 Å². The summed E-state index contributed by atoms with van der Waals surface area (Å²) in [4.78, 5) is 16.1. The number of benzene rings is 1. The monoisotopic (exact) mass is 419 g/mol. The fourth-order valence-corrected chi connectivity index (χ4v) is 3.04. The molecule has 0 aliphatic carbocycles. The Morgan fingerprint density at radius 3 is 2.63 bits per heavy atom. The number of pyridine rings is 2. The van der Waals surface area contributed by atoms with Crippen molar-refractivity contribution < 1.29 is 23.4 Å². The minimum Gasteiger partial charge on any atom is -0.390 e. The molecule has 0 radical (unpaired) electrons. The van der Waals surface area contributed by atoms with Gasteiger partial charge in [0.1, 0.15) is 18.7 Å². The minimum atomic E-state index is -3.72. The molecule has 0 fully saturated rings. The van der Waals surface area contributed by atoms with E-state index in [1.807, 2.05) is 0 Å². The van der Waals surface area contributed by atoms with Gasteiger partial charge in [0.25, 0.3) is 11.5 Å². The number of halogens is 3. The van der Waals surface area contributed by atoms with Gasteiger partial charge in [0, 0.05) is 35.6 Å². The van der Waals surface area contributed by atoms with Crippen molar-refractivity contribution in [3.05, 3.63) is 93.9 Å². The molecule has 0 bridgehead atoms. The molecule has 2 heterocycles. The molecule has 0 spiro atoms. The summed E-state index contributed by atoms with van der Waals surface area (Å²) in [6, 6.07) is 8.62. The second-order valence-electron chi connectivity index (χ2n) is 6.74. The first kappa shape index (κ1) is 21.7. The van der Waals surface area contributed by atoms with E-state index in [0.717, 1.165) is 6.07 Å². The Morgan fingerprint density at radius 2 is 1.97 bits per heavy atom. The first-order chi connectivity index (χ1) is 14.2. The molecule has 9 heteroatoms. The van der Waals surface area contributed by atoms with Crippen LogP contribution < -0.4 is 10.9 Å². The van der Waals surface area contributed by atoms with Crippen molar-refractivity contribution in [2.45, 2.75) is 25.1 Å². The van der Waals surface area contributed by atoms with Crippen molar-refractivity contribution in [3.63, 3.8) is 0 Å². The van der Waals surface area contributed by atoms with Crippen molar-refractivity contribution >= 4 is 0 Å². The maximum Gasteiger partial charge on any atom is 0.298 e. The summed E-state index contributed by atoms with van der Waals surface area (Å²) >= 11 is 0. The molecule has 6 nitrogen and oxygen atoms in total. The van der Waals surface area contributed by atoms with Crippen LogP contribution in [0.3, 0.4) is 0 Å². The van der Waals surface area contributed by atoms with Gasteiger partial charge < -0.3 is 10.2 Å². The zero-order chi connectivity index (χ0) is 21.9. The maximum absolute atomic E-state index is 14.6. The number of hydrogen-bond acceptors (Lipinski definition) is 5. The molecule has 158 valence electrons. The Hall–Kier alpha value is -3.01. The molecule has 1 aromatic carbocycles. The Labute approximate surface area is 170 Å². The van der Waals surface area contributed by atoms with E-state index in [1.165, 1.54) is 48.1 Å². The lowest BCUT2D eigenvalue weighted by Gasteiger charge is -2.23. The number of nitrogens with one attached hydrogen (secondary N) is 1. The lowest BCUT2D eigenvalue weighted by atomic mass is 10.00. The summed E-state index contributed by atoms with van der Waals surface area (Å²) in [5.74, 6) is -4.89. The fourth-order valence-electron chi connectivity index (χ4n) is 3.04. The van der Waals surface area contributed by atoms with Gasteiger partial charge in [-0.15, -0.1) is 0 Å². The van der Waals surface area contributed by atoms with Crippen LogP contribution >= 0.6 is 0 Å². The third kappa shape index (κ3) is 4.43. The SMILES string of the molecule is C[C@@H](NC(O)c1ccc(=O)n(-c2cccnc2)c1)c1cccc(C(F)(F)CO)c1F. The first-order valence-corrected chi connectivity index (χ1v) is 9.09. The molecule has 3 N–H and O–H groups in total. The van der Waals surface area contributed by atoms with Gasteiger partial charge in [0.15, 0.2) is 0 Å². The number of aromatic nitrogens is 2. The summed E-state index contributed by atoms with van der Waals surface area (Å²) in [5, 5.41) is 22.1. The van der Waals surface area contributed by atoms with Gasteiger partial charge in [-0.3, -0.25) is 19.7 Å².